The maximum absolute atomic E-state index is 10.5. The lowest BCUT2D eigenvalue weighted by Gasteiger charge is -2.16. The van der Waals surface area contributed by atoms with Crippen molar-refractivity contribution >= 4 is 0 Å². The summed E-state index contributed by atoms with van der Waals surface area (Å²) in [7, 11) is 1.55. The number of hydrogen-bond acceptors (Lipinski definition) is 5. The van der Waals surface area contributed by atoms with E-state index in [1.807, 2.05) is 20.8 Å². The maximum atomic E-state index is 10.5. The van der Waals surface area contributed by atoms with Crippen molar-refractivity contribution in [2.75, 3.05) is 7.11 Å². The predicted octanol–water partition coefficient (Wildman–Crippen LogP) is 1.65. The largest absolute Gasteiger partial charge is 0.493 e. The van der Waals surface area contributed by atoms with Crippen LogP contribution in [0.1, 0.15) is 43.1 Å². The molecule has 2 rings (SSSR count). The van der Waals surface area contributed by atoms with Crippen LogP contribution in [0.5, 0.6) is 5.75 Å². The molecule has 0 fully saturated rings. The van der Waals surface area contributed by atoms with Crippen molar-refractivity contribution in [3.63, 3.8) is 0 Å². The van der Waals surface area contributed by atoms with Gasteiger partial charge in [0.15, 0.2) is 5.75 Å². The molecular formula is C13H18N4O2. The zero-order valence-electron chi connectivity index (χ0n) is 11.5. The van der Waals surface area contributed by atoms with Gasteiger partial charge in [-0.3, -0.25) is 14.6 Å². The van der Waals surface area contributed by atoms with E-state index < -0.39 is 6.10 Å². The number of hydrogen-bond donors (Lipinski definition) is 1. The molecule has 6 nitrogen and oxygen atoms in total. The normalized spacial score (nSPS) is 12.7. The first-order chi connectivity index (χ1) is 9.04. The van der Waals surface area contributed by atoms with E-state index in [9.17, 15) is 5.11 Å². The Morgan fingerprint density at radius 2 is 1.95 bits per heavy atom. The number of rotatable bonds is 4. The van der Waals surface area contributed by atoms with Gasteiger partial charge >= 0.3 is 0 Å². The fourth-order valence-corrected chi connectivity index (χ4v) is 1.87. The summed E-state index contributed by atoms with van der Waals surface area (Å²) in [5.41, 5.74) is 1.88. The van der Waals surface area contributed by atoms with Crippen LogP contribution in [0, 0.1) is 6.92 Å². The van der Waals surface area contributed by atoms with Crippen LogP contribution in [0.15, 0.2) is 18.6 Å². The second-order valence-electron chi connectivity index (χ2n) is 4.62. The van der Waals surface area contributed by atoms with Gasteiger partial charge in [0.05, 0.1) is 30.9 Å². The van der Waals surface area contributed by atoms with Crippen molar-refractivity contribution < 1.29 is 9.84 Å². The van der Waals surface area contributed by atoms with E-state index in [-0.39, 0.29) is 6.04 Å². The summed E-state index contributed by atoms with van der Waals surface area (Å²) in [6.45, 7) is 5.83. The van der Waals surface area contributed by atoms with E-state index in [1.165, 1.54) is 0 Å². The molecule has 6 heteroatoms. The van der Waals surface area contributed by atoms with Crippen LogP contribution >= 0.6 is 0 Å². The first-order valence-electron chi connectivity index (χ1n) is 6.12. The van der Waals surface area contributed by atoms with Crippen molar-refractivity contribution in [3.8, 4) is 5.75 Å². The summed E-state index contributed by atoms with van der Waals surface area (Å²) in [5, 5.41) is 14.7. The van der Waals surface area contributed by atoms with Crippen LogP contribution in [0.3, 0.4) is 0 Å². The van der Waals surface area contributed by atoms with E-state index in [1.54, 1.807) is 30.4 Å². The Kier molecular flexibility index (Phi) is 3.80. The minimum atomic E-state index is -0.909. The van der Waals surface area contributed by atoms with Crippen LogP contribution in [-0.2, 0) is 0 Å². The highest BCUT2D eigenvalue weighted by atomic mass is 16.5. The SMILES string of the molecule is COc1cnn(C(C)C)c1C(O)c1cnc(C)cn1. The third-order valence-electron chi connectivity index (χ3n) is 2.85. The maximum Gasteiger partial charge on any atom is 0.163 e. The molecule has 0 amide bonds. The molecule has 2 heterocycles. The fraction of sp³-hybridized carbons (Fsp3) is 0.462. The molecule has 1 atom stereocenters. The van der Waals surface area contributed by atoms with Crippen molar-refractivity contribution in [2.24, 2.45) is 0 Å². The standard InChI is InChI=1S/C13H18N4O2/c1-8(2)17-12(11(19-4)7-16-17)13(18)10-6-14-9(3)5-15-10/h5-8,13,18H,1-4H3. The highest BCUT2D eigenvalue weighted by Crippen LogP contribution is 2.30. The van der Waals surface area contributed by atoms with Gasteiger partial charge in [0.1, 0.15) is 11.8 Å². The zero-order valence-corrected chi connectivity index (χ0v) is 11.5. The third kappa shape index (κ3) is 2.58. The number of aryl methyl sites for hydroxylation is 1. The first-order valence-corrected chi connectivity index (χ1v) is 6.12. The summed E-state index contributed by atoms with van der Waals surface area (Å²) in [6.07, 6.45) is 3.88. The van der Waals surface area contributed by atoms with Gasteiger partial charge in [0, 0.05) is 12.2 Å². The van der Waals surface area contributed by atoms with Gasteiger partial charge < -0.3 is 9.84 Å². The van der Waals surface area contributed by atoms with Gasteiger partial charge in [0.2, 0.25) is 0 Å². The molecule has 19 heavy (non-hydrogen) atoms. The van der Waals surface area contributed by atoms with Crippen LogP contribution in [0.4, 0.5) is 0 Å². The van der Waals surface area contributed by atoms with Crippen LogP contribution in [-0.4, -0.2) is 32.0 Å². The second-order valence-corrected chi connectivity index (χ2v) is 4.62. The van der Waals surface area contributed by atoms with Gasteiger partial charge in [-0.2, -0.15) is 5.10 Å². The van der Waals surface area contributed by atoms with E-state index >= 15 is 0 Å². The average Bonchev–Trinajstić information content (AvgIpc) is 2.82. The van der Waals surface area contributed by atoms with Gasteiger partial charge in [-0.05, 0) is 20.8 Å². The Morgan fingerprint density at radius 1 is 1.21 bits per heavy atom. The Hall–Kier alpha value is -1.95. The molecule has 0 aliphatic heterocycles. The van der Waals surface area contributed by atoms with E-state index in [0.717, 1.165) is 5.69 Å². The predicted molar refractivity (Wildman–Crippen MR) is 70.0 cm³/mol. The molecule has 1 unspecified atom stereocenters. The molecule has 2 aromatic rings. The molecule has 102 valence electrons. The first kappa shape index (κ1) is 13.5. The van der Waals surface area contributed by atoms with Crippen molar-refractivity contribution in [1.29, 1.82) is 0 Å². The van der Waals surface area contributed by atoms with Crippen molar-refractivity contribution in [2.45, 2.75) is 32.9 Å². The lowest BCUT2D eigenvalue weighted by Crippen LogP contribution is -2.14. The summed E-state index contributed by atoms with van der Waals surface area (Å²) in [6, 6.07) is 0.118. The molecule has 0 spiro atoms. The molecule has 1 N–H and O–H groups in total. The molecule has 0 radical (unpaired) electrons. The lowest BCUT2D eigenvalue weighted by atomic mass is 10.1. The monoisotopic (exact) mass is 262 g/mol. The summed E-state index contributed by atoms with van der Waals surface area (Å²) >= 11 is 0. The molecule has 0 aliphatic carbocycles. The van der Waals surface area contributed by atoms with Gasteiger partial charge in [0.25, 0.3) is 0 Å². The minimum absolute atomic E-state index is 0.118. The third-order valence-corrected chi connectivity index (χ3v) is 2.85. The minimum Gasteiger partial charge on any atom is -0.493 e. The van der Waals surface area contributed by atoms with Crippen LogP contribution in [0.25, 0.3) is 0 Å². The van der Waals surface area contributed by atoms with Crippen LogP contribution in [0.2, 0.25) is 0 Å². The quantitative estimate of drug-likeness (QED) is 0.907. The Bertz CT molecular complexity index is 548. The lowest BCUT2D eigenvalue weighted by molar-refractivity contribution is 0.194. The zero-order chi connectivity index (χ0) is 14.0. The molecule has 2 aromatic heterocycles. The molecule has 0 saturated heterocycles. The second kappa shape index (κ2) is 5.36. The highest BCUT2D eigenvalue weighted by molar-refractivity contribution is 5.32. The number of aliphatic hydroxyl groups is 1. The van der Waals surface area contributed by atoms with Gasteiger partial charge in [-0.15, -0.1) is 0 Å². The van der Waals surface area contributed by atoms with E-state index in [0.29, 0.717) is 17.1 Å². The summed E-state index contributed by atoms with van der Waals surface area (Å²) < 4.78 is 6.98. The van der Waals surface area contributed by atoms with Crippen molar-refractivity contribution in [1.82, 2.24) is 19.7 Å². The summed E-state index contributed by atoms with van der Waals surface area (Å²) in [5.74, 6) is 0.545. The van der Waals surface area contributed by atoms with E-state index in [2.05, 4.69) is 15.1 Å². The molecule has 0 bridgehead atoms. The number of aliphatic hydroxyl groups excluding tert-OH is 1. The highest BCUT2D eigenvalue weighted by Gasteiger charge is 2.24. The molecule has 0 aromatic carbocycles. The number of ether oxygens (including phenoxy) is 1. The number of aromatic nitrogens is 4. The van der Waals surface area contributed by atoms with Crippen molar-refractivity contribution in [3.05, 3.63) is 35.7 Å². The fourth-order valence-electron chi connectivity index (χ4n) is 1.87. The smallest absolute Gasteiger partial charge is 0.163 e. The summed E-state index contributed by atoms with van der Waals surface area (Å²) in [4.78, 5) is 8.35. The average molecular weight is 262 g/mol. The Balaban J connectivity index is 2.44. The topological polar surface area (TPSA) is 73.1 Å². The van der Waals surface area contributed by atoms with Gasteiger partial charge in [-0.25, -0.2) is 0 Å². The Labute approximate surface area is 112 Å². The van der Waals surface area contributed by atoms with Gasteiger partial charge in [-0.1, -0.05) is 0 Å². The molecule has 0 saturated carbocycles. The Morgan fingerprint density at radius 3 is 2.47 bits per heavy atom. The molecule has 0 aliphatic rings. The number of nitrogens with zero attached hydrogens (tertiary/aromatic N) is 4. The number of methoxy groups -OCH3 is 1. The van der Waals surface area contributed by atoms with E-state index in [4.69, 9.17) is 4.74 Å². The molecular weight excluding hydrogens is 244 g/mol. The van der Waals surface area contributed by atoms with Crippen LogP contribution < -0.4 is 4.74 Å².